The number of piperidine rings is 1. The molecule has 2 aliphatic rings. The number of para-hydroxylation sites is 1. The van der Waals surface area contributed by atoms with Gasteiger partial charge < -0.3 is 15.0 Å². The van der Waals surface area contributed by atoms with Crippen molar-refractivity contribution in [3.05, 3.63) is 60.4 Å². The van der Waals surface area contributed by atoms with E-state index < -0.39 is 12.4 Å². The van der Waals surface area contributed by atoms with Crippen molar-refractivity contribution >= 4 is 40.5 Å². The highest BCUT2D eigenvalue weighted by atomic mass is 32.2. The zero-order valence-corrected chi connectivity index (χ0v) is 24.6. The van der Waals surface area contributed by atoms with Gasteiger partial charge in [0.15, 0.2) is 5.17 Å². The Morgan fingerprint density at radius 2 is 1.86 bits per heavy atom. The Hall–Kier alpha value is -4.07. The second kappa shape index (κ2) is 13.1. The van der Waals surface area contributed by atoms with Crippen molar-refractivity contribution < 1.29 is 27.5 Å². The largest absolute Gasteiger partial charge is 0.573 e. The number of anilines is 2. The molecule has 0 spiro atoms. The summed E-state index contributed by atoms with van der Waals surface area (Å²) in [6.45, 7) is 6.08. The van der Waals surface area contributed by atoms with Crippen LogP contribution in [0.25, 0.3) is 5.69 Å². The molecule has 228 valence electrons. The standard InChI is InChI=1S/C29H32F3N7O3S/c1-19(2)23-5-3-4-6-24(23)39-25(40)17-43-28(39)35-27(41)33-14-11-20-12-15-37(16-13-20)26-34-18-38(36-26)21-7-9-22(10-8-21)42-29(30,31)32/h3-10,18-20H,11-17H2,1-2H3,(H,33,41). The van der Waals surface area contributed by atoms with Crippen LogP contribution in [0.1, 0.15) is 44.6 Å². The maximum Gasteiger partial charge on any atom is 0.573 e. The summed E-state index contributed by atoms with van der Waals surface area (Å²) in [5.41, 5.74) is 2.35. The number of amides is 3. The number of hydrogen-bond acceptors (Lipinski definition) is 7. The zero-order valence-electron chi connectivity index (χ0n) is 23.8. The average molecular weight is 616 g/mol. The van der Waals surface area contributed by atoms with Crippen molar-refractivity contribution in [2.45, 2.75) is 45.4 Å². The van der Waals surface area contributed by atoms with Gasteiger partial charge in [0.1, 0.15) is 12.1 Å². The van der Waals surface area contributed by atoms with Gasteiger partial charge in [-0.1, -0.05) is 43.8 Å². The van der Waals surface area contributed by atoms with Crippen LogP contribution in [0, 0.1) is 5.92 Å². The zero-order chi connectivity index (χ0) is 30.6. The fraction of sp³-hybridized carbons (Fsp3) is 0.414. The molecule has 3 aromatic rings. The van der Waals surface area contributed by atoms with Crippen LogP contribution in [-0.2, 0) is 4.79 Å². The van der Waals surface area contributed by atoms with Crippen LogP contribution in [-0.4, -0.2) is 63.6 Å². The minimum absolute atomic E-state index is 0.0934. The third-order valence-corrected chi connectivity index (χ3v) is 8.23. The third kappa shape index (κ3) is 7.66. The van der Waals surface area contributed by atoms with Gasteiger partial charge in [-0.15, -0.1) is 18.3 Å². The van der Waals surface area contributed by atoms with Crippen LogP contribution in [0.4, 0.5) is 29.6 Å². The van der Waals surface area contributed by atoms with Gasteiger partial charge in [0, 0.05) is 19.6 Å². The molecular weight excluding hydrogens is 583 g/mol. The fourth-order valence-electron chi connectivity index (χ4n) is 5.12. The molecule has 0 radical (unpaired) electrons. The van der Waals surface area contributed by atoms with E-state index in [1.165, 1.54) is 47.0 Å². The molecule has 3 amide bonds. The van der Waals surface area contributed by atoms with Crippen molar-refractivity contribution in [1.29, 1.82) is 0 Å². The molecule has 0 bridgehead atoms. The van der Waals surface area contributed by atoms with E-state index in [9.17, 15) is 22.8 Å². The molecule has 10 nitrogen and oxygen atoms in total. The predicted octanol–water partition coefficient (Wildman–Crippen LogP) is 5.74. The molecule has 2 saturated heterocycles. The number of nitrogens with one attached hydrogen (secondary N) is 1. The van der Waals surface area contributed by atoms with Crippen molar-refractivity contribution in [2.75, 3.05) is 35.2 Å². The molecule has 0 saturated carbocycles. The van der Waals surface area contributed by atoms with Crippen LogP contribution in [0.15, 0.2) is 59.9 Å². The van der Waals surface area contributed by atoms with Gasteiger partial charge in [0.25, 0.3) is 0 Å². The molecule has 1 aromatic heterocycles. The maximum atomic E-state index is 12.7. The number of aromatic nitrogens is 3. The molecule has 43 heavy (non-hydrogen) atoms. The Kier molecular flexibility index (Phi) is 9.23. The van der Waals surface area contributed by atoms with Gasteiger partial charge in [0.2, 0.25) is 11.9 Å². The number of urea groups is 1. The summed E-state index contributed by atoms with van der Waals surface area (Å²) in [6, 6.07) is 12.6. The first kappa shape index (κ1) is 30.4. The monoisotopic (exact) mass is 615 g/mol. The number of ether oxygens (including phenoxy) is 1. The lowest BCUT2D eigenvalue weighted by Crippen LogP contribution is -2.36. The molecule has 0 unspecified atom stereocenters. The average Bonchev–Trinajstić information content (AvgIpc) is 3.60. The summed E-state index contributed by atoms with van der Waals surface area (Å²) in [5, 5.41) is 7.74. The number of halogens is 3. The minimum atomic E-state index is -4.74. The molecule has 1 N–H and O–H groups in total. The van der Waals surface area contributed by atoms with E-state index in [1.807, 2.05) is 24.3 Å². The molecule has 2 aromatic carbocycles. The Bertz CT molecular complexity index is 1470. The van der Waals surface area contributed by atoms with Crippen LogP contribution in [0.3, 0.4) is 0 Å². The highest BCUT2D eigenvalue weighted by Gasteiger charge is 2.33. The quantitative estimate of drug-likeness (QED) is 0.345. The van der Waals surface area contributed by atoms with E-state index in [1.54, 1.807) is 4.90 Å². The Morgan fingerprint density at radius 3 is 2.56 bits per heavy atom. The Labute approximate surface area is 251 Å². The minimum Gasteiger partial charge on any atom is -0.406 e. The van der Waals surface area contributed by atoms with Crippen molar-refractivity contribution in [2.24, 2.45) is 10.9 Å². The van der Waals surface area contributed by atoms with Crippen LogP contribution >= 0.6 is 11.8 Å². The van der Waals surface area contributed by atoms with Gasteiger partial charge in [-0.25, -0.2) is 9.48 Å². The molecule has 0 atom stereocenters. The maximum absolute atomic E-state index is 12.7. The number of nitrogens with zero attached hydrogens (tertiary/aromatic N) is 6. The smallest absolute Gasteiger partial charge is 0.406 e. The first-order valence-corrected chi connectivity index (χ1v) is 15.0. The predicted molar refractivity (Wildman–Crippen MR) is 159 cm³/mol. The van der Waals surface area contributed by atoms with Gasteiger partial charge >= 0.3 is 12.4 Å². The lowest BCUT2D eigenvalue weighted by molar-refractivity contribution is -0.274. The number of thioether (sulfide) groups is 1. The van der Waals surface area contributed by atoms with Gasteiger partial charge in [-0.3, -0.25) is 9.69 Å². The second-order valence-corrected chi connectivity index (χ2v) is 11.6. The number of carbonyl (C=O) groups is 2. The summed E-state index contributed by atoms with van der Waals surface area (Å²) < 4.78 is 42.6. The summed E-state index contributed by atoms with van der Waals surface area (Å²) >= 11 is 1.26. The first-order chi connectivity index (χ1) is 20.6. The highest BCUT2D eigenvalue weighted by Crippen LogP contribution is 2.33. The van der Waals surface area contributed by atoms with Crippen LogP contribution in [0.2, 0.25) is 0 Å². The third-order valence-electron chi connectivity index (χ3n) is 7.30. The first-order valence-electron chi connectivity index (χ1n) is 14.0. The van der Waals surface area contributed by atoms with E-state index >= 15 is 0 Å². The molecule has 2 aliphatic heterocycles. The van der Waals surface area contributed by atoms with E-state index in [4.69, 9.17) is 0 Å². The number of aliphatic imine (C=N–C) groups is 1. The van der Waals surface area contributed by atoms with Crippen molar-refractivity contribution in [3.8, 4) is 11.4 Å². The molecule has 14 heteroatoms. The summed E-state index contributed by atoms with van der Waals surface area (Å²) in [7, 11) is 0. The lowest BCUT2D eigenvalue weighted by atomic mass is 9.94. The molecule has 3 heterocycles. The fourth-order valence-corrected chi connectivity index (χ4v) is 5.97. The van der Waals surface area contributed by atoms with Gasteiger partial charge in [-0.2, -0.15) is 9.98 Å². The van der Waals surface area contributed by atoms with Gasteiger partial charge in [-0.05, 0) is 67.0 Å². The molecule has 0 aliphatic carbocycles. The number of hydrogen-bond donors (Lipinski definition) is 1. The SMILES string of the molecule is CC(C)c1ccccc1N1C(=O)CSC1=NC(=O)NCCC1CCN(c2ncn(-c3ccc(OC(F)(F)F)cc3)n2)CC1. The van der Waals surface area contributed by atoms with Crippen LogP contribution < -0.4 is 19.9 Å². The Morgan fingerprint density at radius 1 is 1.14 bits per heavy atom. The van der Waals surface area contributed by atoms with Crippen molar-refractivity contribution in [1.82, 2.24) is 20.1 Å². The number of carbonyl (C=O) groups excluding carboxylic acids is 2. The number of rotatable bonds is 8. The summed E-state index contributed by atoms with van der Waals surface area (Å²) in [5.74, 6) is 1.01. The second-order valence-electron chi connectivity index (χ2n) is 10.6. The normalized spacial score (nSPS) is 17.3. The van der Waals surface area contributed by atoms with Crippen molar-refractivity contribution in [3.63, 3.8) is 0 Å². The van der Waals surface area contributed by atoms with E-state index in [2.05, 4.69) is 43.9 Å². The molecular formula is C29H32F3N7O3S. The summed E-state index contributed by atoms with van der Waals surface area (Å²) in [6.07, 6.45) is -0.632. The topological polar surface area (TPSA) is 105 Å². The summed E-state index contributed by atoms with van der Waals surface area (Å²) in [4.78, 5) is 37.5. The molecule has 2 fully saturated rings. The van der Waals surface area contributed by atoms with E-state index in [0.29, 0.717) is 29.3 Å². The Balaban J connectivity index is 1.09. The van der Waals surface area contributed by atoms with E-state index in [-0.39, 0.29) is 23.3 Å². The number of amidine groups is 1. The number of benzene rings is 2. The lowest BCUT2D eigenvalue weighted by Gasteiger charge is -2.31. The number of alkyl halides is 3. The molecule has 5 rings (SSSR count). The van der Waals surface area contributed by atoms with Gasteiger partial charge in [0.05, 0.1) is 17.1 Å². The highest BCUT2D eigenvalue weighted by molar-refractivity contribution is 8.15. The van der Waals surface area contributed by atoms with E-state index in [0.717, 1.165) is 43.6 Å². The van der Waals surface area contributed by atoms with Crippen LogP contribution in [0.5, 0.6) is 5.75 Å².